The molecule has 0 unspecified atom stereocenters. The molecule has 34 heavy (non-hydrogen) atoms. The number of carbonyl (C=O) groups is 3. The van der Waals surface area contributed by atoms with E-state index in [2.05, 4.69) is 21.2 Å². The zero-order chi connectivity index (χ0) is 25.0. The van der Waals surface area contributed by atoms with E-state index in [0.717, 1.165) is 17.0 Å². The number of nitrogens with one attached hydrogen (secondary N) is 1. The van der Waals surface area contributed by atoms with Gasteiger partial charge in [0.05, 0.1) is 24.3 Å². The molecule has 1 aliphatic heterocycles. The lowest BCUT2D eigenvalue weighted by molar-refractivity contribution is -0.151. The molecule has 1 N–H and O–H groups in total. The zero-order valence-electron chi connectivity index (χ0n) is 20.0. The minimum atomic E-state index is -0.925. The molecule has 3 atom stereocenters. The molecule has 9 heteroatoms. The highest BCUT2D eigenvalue weighted by Gasteiger charge is 2.47. The van der Waals surface area contributed by atoms with E-state index >= 15 is 0 Å². The van der Waals surface area contributed by atoms with Gasteiger partial charge in [-0.25, -0.2) is 4.79 Å². The summed E-state index contributed by atoms with van der Waals surface area (Å²) >= 11 is 5.20. The number of halogens is 1. The normalized spacial score (nSPS) is 22.2. The Balaban J connectivity index is 2.11. The molecule has 0 amide bonds. The lowest BCUT2D eigenvalue weighted by Crippen LogP contribution is -2.43. The SMILES string of the molecule is CCSCCOC(=O)C1=C(C)NC2=C(C(=O)[C@H](C(=O)OC)[C@H](C)C2)[C@H]1c1ccc(OC)c(Br)c1. The molecule has 3 rings (SSSR count). The Morgan fingerprint density at radius 1 is 1.26 bits per heavy atom. The van der Waals surface area contributed by atoms with Crippen LogP contribution in [-0.2, 0) is 23.9 Å². The van der Waals surface area contributed by atoms with Crippen molar-refractivity contribution in [2.75, 3.05) is 32.3 Å². The van der Waals surface area contributed by atoms with E-state index < -0.39 is 23.8 Å². The maximum absolute atomic E-state index is 13.7. The lowest BCUT2D eigenvalue weighted by atomic mass is 9.69. The molecule has 0 aromatic heterocycles. The number of ketones is 1. The Morgan fingerprint density at radius 2 is 2.00 bits per heavy atom. The third kappa shape index (κ3) is 5.20. The molecule has 0 spiro atoms. The first-order valence-corrected chi connectivity index (χ1v) is 13.1. The molecule has 1 aromatic rings. The fourth-order valence-electron chi connectivity index (χ4n) is 4.56. The molecule has 2 aliphatic rings. The van der Waals surface area contributed by atoms with Gasteiger partial charge in [-0.2, -0.15) is 11.8 Å². The lowest BCUT2D eigenvalue weighted by Gasteiger charge is -2.38. The summed E-state index contributed by atoms with van der Waals surface area (Å²) in [6.07, 6.45) is 0.488. The third-order valence-corrected chi connectivity index (χ3v) is 7.62. The molecular weight excluding hydrogens is 522 g/mol. The van der Waals surface area contributed by atoms with Crippen molar-refractivity contribution in [2.45, 2.75) is 33.1 Å². The molecule has 184 valence electrons. The molecule has 0 saturated carbocycles. The van der Waals surface area contributed by atoms with Crippen LogP contribution < -0.4 is 10.1 Å². The predicted molar refractivity (Wildman–Crippen MR) is 135 cm³/mol. The number of carbonyl (C=O) groups excluding carboxylic acids is 3. The molecule has 1 aromatic carbocycles. The van der Waals surface area contributed by atoms with Gasteiger partial charge < -0.3 is 19.5 Å². The summed E-state index contributed by atoms with van der Waals surface area (Å²) in [4.78, 5) is 39.5. The number of hydrogen-bond donors (Lipinski definition) is 1. The van der Waals surface area contributed by atoms with Crippen LogP contribution in [0.3, 0.4) is 0 Å². The van der Waals surface area contributed by atoms with Gasteiger partial charge in [-0.1, -0.05) is 19.9 Å². The number of dihydropyridines is 1. The minimum absolute atomic E-state index is 0.234. The molecule has 0 bridgehead atoms. The summed E-state index contributed by atoms with van der Waals surface area (Å²) in [5.74, 6) is -0.965. The molecule has 0 saturated heterocycles. The van der Waals surface area contributed by atoms with Crippen LogP contribution in [0.2, 0.25) is 0 Å². The molecule has 0 fully saturated rings. The van der Waals surface area contributed by atoms with Crippen LogP contribution >= 0.6 is 27.7 Å². The maximum atomic E-state index is 13.7. The Bertz CT molecular complexity index is 1050. The first-order valence-electron chi connectivity index (χ1n) is 11.2. The number of thioether (sulfide) groups is 1. The second-order valence-electron chi connectivity index (χ2n) is 8.26. The number of Topliss-reactive ketones (excluding diaryl/α,β-unsaturated/α-hetero) is 1. The monoisotopic (exact) mass is 551 g/mol. The molecule has 1 aliphatic carbocycles. The van der Waals surface area contributed by atoms with Crippen molar-refractivity contribution < 1.29 is 28.6 Å². The van der Waals surface area contributed by atoms with Gasteiger partial charge in [0, 0.05) is 28.6 Å². The van der Waals surface area contributed by atoms with Gasteiger partial charge >= 0.3 is 11.9 Å². The van der Waals surface area contributed by atoms with E-state index in [4.69, 9.17) is 14.2 Å². The number of hydrogen-bond acceptors (Lipinski definition) is 8. The average molecular weight is 552 g/mol. The van der Waals surface area contributed by atoms with Gasteiger partial charge in [0.2, 0.25) is 0 Å². The number of allylic oxidation sites excluding steroid dienone is 3. The van der Waals surface area contributed by atoms with E-state index in [1.54, 1.807) is 24.9 Å². The van der Waals surface area contributed by atoms with Gasteiger partial charge in [-0.3, -0.25) is 9.59 Å². The van der Waals surface area contributed by atoms with Crippen LogP contribution in [0.5, 0.6) is 5.75 Å². The van der Waals surface area contributed by atoms with E-state index in [1.807, 2.05) is 32.9 Å². The van der Waals surface area contributed by atoms with Crippen LogP contribution in [0.25, 0.3) is 0 Å². The number of methoxy groups -OCH3 is 2. The summed E-state index contributed by atoms with van der Waals surface area (Å²) in [7, 11) is 2.85. The Kier molecular flexibility index (Phi) is 8.87. The van der Waals surface area contributed by atoms with Crippen molar-refractivity contribution in [1.82, 2.24) is 5.32 Å². The van der Waals surface area contributed by atoms with Crippen molar-refractivity contribution in [3.63, 3.8) is 0 Å². The second-order valence-corrected chi connectivity index (χ2v) is 10.5. The number of esters is 2. The van der Waals surface area contributed by atoms with Crippen molar-refractivity contribution in [3.8, 4) is 5.75 Å². The topological polar surface area (TPSA) is 90.9 Å². The van der Waals surface area contributed by atoms with E-state index in [1.165, 1.54) is 7.11 Å². The van der Waals surface area contributed by atoms with Crippen molar-refractivity contribution in [2.24, 2.45) is 11.8 Å². The van der Waals surface area contributed by atoms with Crippen LogP contribution in [0.15, 0.2) is 45.2 Å². The minimum Gasteiger partial charge on any atom is -0.496 e. The molecule has 1 heterocycles. The van der Waals surface area contributed by atoms with Crippen molar-refractivity contribution >= 4 is 45.4 Å². The fraction of sp³-hybridized carbons (Fsp3) is 0.480. The first kappa shape index (κ1) is 26.3. The molecule has 7 nitrogen and oxygen atoms in total. The van der Waals surface area contributed by atoms with Gasteiger partial charge in [0.25, 0.3) is 0 Å². The Morgan fingerprint density at radius 3 is 2.62 bits per heavy atom. The summed E-state index contributed by atoms with van der Waals surface area (Å²) in [5.41, 5.74) is 2.86. The van der Waals surface area contributed by atoms with Crippen molar-refractivity contribution in [1.29, 1.82) is 0 Å². The quantitative estimate of drug-likeness (QED) is 0.289. The van der Waals surface area contributed by atoms with Gasteiger partial charge in [-0.15, -0.1) is 0 Å². The fourth-order valence-corrected chi connectivity index (χ4v) is 5.61. The van der Waals surface area contributed by atoms with E-state index in [9.17, 15) is 14.4 Å². The largest absolute Gasteiger partial charge is 0.496 e. The highest BCUT2D eigenvalue weighted by Crippen LogP contribution is 2.46. The summed E-state index contributed by atoms with van der Waals surface area (Å²) in [6, 6.07) is 5.45. The number of benzene rings is 1. The zero-order valence-corrected chi connectivity index (χ0v) is 22.4. The standard InChI is InChI=1S/C25H30BrNO6S/c1-6-34-10-9-33-25(30)20-14(3)27-17-11-13(2)19(24(29)32-5)23(28)22(17)21(20)15-7-8-18(31-4)16(26)12-15/h7-8,12-13,19,21,27H,6,9-11H2,1-5H3/t13-,19-,21+/m1/s1. The third-order valence-electron chi connectivity index (χ3n) is 6.14. The number of ether oxygens (including phenoxy) is 3. The Labute approximate surface area is 212 Å². The van der Waals surface area contributed by atoms with Gasteiger partial charge in [-0.05, 0) is 58.6 Å². The van der Waals surface area contributed by atoms with Gasteiger partial charge in [0.1, 0.15) is 18.3 Å². The maximum Gasteiger partial charge on any atom is 0.336 e. The second kappa shape index (κ2) is 11.4. The number of rotatable bonds is 8. The van der Waals surface area contributed by atoms with E-state index in [0.29, 0.717) is 39.2 Å². The van der Waals surface area contributed by atoms with Crippen LogP contribution in [0.4, 0.5) is 0 Å². The van der Waals surface area contributed by atoms with Crippen LogP contribution in [0.1, 0.15) is 38.7 Å². The first-order chi connectivity index (χ1) is 16.2. The molecule has 0 radical (unpaired) electrons. The Hall–Kier alpha value is -2.26. The van der Waals surface area contributed by atoms with Gasteiger partial charge in [0.15, 0.2) is 5.78 Å². The van der Waals surface area contributed by atoms with Crippen LogP contribution in [-0.4, -0.2) is 50.1 Å². The van der Waals surface area contributed by atoms with E-state index in [-0.39, 0.29) is 18.3 Å². The average Bonchev–Trinajstić information content (AvgIpc) is 2.80. The van der Waals surface area contributed by atoms with Crippen LogP contribution in [0, 0.1) is 11.8 Å². The molecular formula is C25H30BrNO6S. The summed E-state index contributed by atoms with van der Waals surface area (Å²) in [6.45, 7) is 5.99. The highest BCUT2D eigenvalue weighted by molar-refractivity contribution is 9.10. The summed E-state index contributed by atoms with van der Waals surface area (Å²) < 4.78 is 16.6. The highest BCUT2D eigenvalue weighted by atomic mass is 79.9. The van der Waals surface area contributed by atoms with Crippen molar-refractivity contribution in [3.05, 3.63) is 50.8 Å². The predicted octanol–water partition coefficient (Wildman–Crippen LogP) is 4.37. The smallest absolute Gasteiger partial charge is 0.336 e. The summed E-state index contributed by atoms with van der Waals surface area (Å²) in [5, 5.41) is 3.27.